The Hall–Kier alpha value is -4.15. The van der Waals surface area contributed by atoms with Crippen LogP contribution in [0.1, 0.15) is 21.9 Å². The van der Waals surface area contributed by atoms with Gasteiger partial charge in [0.2, 0.25) is 17.7 Å². The zero-order valence-corrected chi connectivity index (χ0v) is 22.4. The van der Waals surface area contributed by atoms with Crippen LogP contribution in [0.25, 0.3) is 0 Å². The van der Waals surface area contributed by atoms with Gasteiger partial charge in [0.05, 0.1) is 16.6 Å². The summed E-state index contributed by atoms with van der Waals surface area (Å²) in [6, 6.07) is 22.7. The molecular weight excluding hydrogens is 534 g/mol. The van der Waals surface area contributed by atoms with Crippen molar-refractivity contribution >= 4 is 52.2 Å². The maximum Gasteiger partial charge on any atom is 0.308 e. The number of aromatic hydroxyl groups is 1. The molecule has 1 saturated heterocycles. The summed E-state index contributed by atoms with van der Waals surface area (Å²) in [5.74, 6) is -2.73. The van der Waals surface area contributed by atoms with E-state index in [0.29, 0.717) is 26.8 Å². The van der Waals surface area contributed by atoms with Crippen molar-refractivity contribution in [1.29, 1.82) is 0 Å². The van der Waals surface area contributed by atoms with Crippen molar-refractivity contribution < 1.29 is 19.5 Å². The van der Waals surface area contributed by atoms with Crippen molar-refractivity contribution in [1.82, 2.24) is 4.57 Å². The molecule has 0 spiro atoms. The molecule has 196 valence electrons. The standard InChI is InChI=1S/C29H23N3O5S2/c1-16-11-13-18(14-12-16)32-26(35)23-22(19-9-5-6-10-20(19)33)25-28(38-24(23)27(32)36)31(29(37)39-25)15-21(34)30-17-7-3-2-4-8-17/h2-14,22-24,33H,15H2,1H3,(H,30,34). The van der Waals surface area contributed by atoms with Crippen molar-refractivity contribution in [2.45, 2.75) is 29.7 Å². The van der Waals surface area contributed by atoms with E-state index >= 15 is 0 Å². The Kier molecular flexibility index (Phi) is 6.36. The number of thioether (sulfide) groups is 1. The third kappa shape index (κ3) is 4.35. The Morgan fingerprint density at radius 2 is 1.62 bits per heavy atom. The number of aryl methyl sites for hydroxylation is 1. The van der Waals surface area contributed by atoms with Gasteiger partial charge in [0.25, 0.3) is 0 Å². The van der Waals surface area contributed by atoms with E-state index in [1.165, 1.54) is 15.5 Å². The number of nitrogens with zero attached hydrogens (tertiary/aromatic N) is 2. The first-order valence-corrected chi connectivity index (χ1v) is 14.0. The van der Waals surface area contributed by atoms with Gasteiger partial charge in [-0.15, -0.1) is 0 Å². The van der Waals surface area contributed by atoms with E-state index in [9.17, 15) is 24.3 Å². The Morgan fingerprint density at radius 3 is 2.33 bits per heavy atom. The highest BCUT2D eigenvalue weighted by atomic mass is 32.2. The van der Waals surface area contributed by atoms with E-state index < -0.39 is 17.1 Å². The van der Waals surface area contributed by atoms with E-state index in [4.69, 9.17) is 0 Å². The third-order valence-electron chi connectivity index (χ3n) is 6.97. The SMILES string of the molecule is Cc1ccc(N2C(=O)C3Sc4c(sc(=O)n4CC(=O)Nc4ccccc4)C(c4ccccc4O)C3C2=O)cc1. The molecule has 6 rings (SSSR count). The van der Waals surface area contributed by atoms with Crippen LogP contribution in [-0.4, -0.2) is 32.6 Å². The third-order valence-corrected chi connectivity index (χ3v) is 9.58. The van der Waals surface area contributed by atoms with Gasteiger partial charge in [-0.05, 0) is 37.3 Å². The number of hydrogen-bond acceptors (Lipinski definition) is 7. The summed E-state index contributed by atoms with van der Waals surface area (Å²) in [4.78, 5) is 55.1. The number of aromatic nitrogens is 1. The number of carbonyl (C=O) groups is 3. The average molecular weight is 558 g/mol. The molecule has 3 atom stereocenters. The topological polar surface area (TPSA) is 109 Å². The van der Waals surface area contributed by atoms with Gasteiger partial charge in [0.1, 0.15) is 17.5 Å². The maximum atomic E-state index is 13.9. The summed E-state index contributed by atoms with van der Waals surface area (Å²) in [6.07, 6.45) is 0. The monoisotopic (exact) mass is 557 g/mol. The Morgan fingerprint density at radius 1 is 0.923 bits per heavy atom. The molecular formula is C29H23N3O5S2. The summed E-state index contributed by atoms with van der Waals surface area (Å²) in [5, 5.41) is 13.2. The molecule has 3 aromatic carbocycles. The van der Waals surface area contributed by atoms with E-state index in [2.05, 4.69) is 5.32 Å². The molecule has 1 aromatic heterocycles. The van der Waals surface area contributed by atoms with Gasteiger partial charge < -0.3 is 10.4 Å². The van der Waals surface area contributed by atoms with Crippen LogP contribution in [0, 0.1) is 12.8 Å². The van der Waals surface area contributed by atoms with Crippen LogP contribution in [-0.2, 0) is 20.9 Å². The molecule has 3 amide bonds. The minimum atomic E-state index is -0.826. The maximum absolute atomic E-state index is 13.9. The number of hydrogen-bond donors (Lipinski definition) is 2. The largest absolute Gasteiger partial charge is 0.508 e. The average Bonchev–Trinajstić information content (AvgIpc) is 3.36. The molecule has 3 heterocycles. The van der Waals surface area contributed by atoms with Gasteiger partial charge in [-0.3, -0.25) is 23.7 Å². The Balaban J connectivity index is 1.43. The van der Waals surface area contributed by atoms with Crippen molar-refractivity contribution in [2.75, 3.05) is 10.2 Å². The first-order valence-electron chi connectivity index (χ1n) is 12.3. The van der Waals surface area contributed by atoms with Crippen molar-refractivity contribution in [3.8, 4) is 5.75 Å². The number of para-hydroxylation sites is 2. The van der Waals surface area contributed by atoms with Crippen LogP contribution < -0.4 is 15.1 Å². The van der Waals surface area contributed by atoms with Gasteiger partial charge in [-0.1, -0.05) is 77.2 Å². The number of thiazole rings is 1. The van der Waals surface area contributed by atoms with Gasteiger partial charge in [-0.25, -0.2) is 4.90 Å². The molecule has 0 radical (unpaired) electrons. The molecule has 2 aliphatic heterocycles. The number of fused-ring (bicyclic) bond motifs is 2. The smallest absolute Gasteiger partial charge is 0.308 e. The summed E-state index contributed by atoms with van der Waals surface area (Å²) in [5.41, 5.74) is 2.54. The number of nitrogens with one attached hydrogen (secondary N) is 1. The molecule has 1 fully saturated rings. The summed E-state index contributed by atoms with van der Waals surface area (Å²) in [6.45, 7) is 1.67. The van der Waals surface area contributed by atoms with E-state index in [-0.39, 0.29) is 34.9 Å². The van der Waals surface area contributed by atoms with Crippen molar-refractivity contribution in [3.63, 3.8) is 0 Å². The van der Waals surface area contributed by atoms with E-state index in [0.717, 1.165) is 28.7 Å². The molecule has 0 saturated carbocycles. The molecule has 10 heteroatoms. The number of phenolic OH excluding ortho intramolecular Hbond substituents is 1. The second-order valence-electron chi connectivity index (χ2n) is 9.49. The second kappa shape index (κ2) is 9.87. The van der Waals surface area contributed by atoms with Gasteiger partial charge in [-0.2, -0.15) is 0 Å². The van der Waals surface area contributed by atoms with E-state index in [1.54, 1.807) is 54.6 Å². The molecule has 3 unspecified atom stereocenters. The van der Waals surface area contributed by atoms with Gasteiger partial charge >= 0.3 is 4.87 Å². The van der Waals surface area contributed by atoms with Crippen LogP contribution in [0.15, 0.2) is 88.7 Å². The van der Waals surface area contributed by atoms with Crippen molar-refractivity contribution in [2.24, 2.45) is 5.92 Å². The summed E-state index contributed by atoms with van der Waals surface area (Å²) >= 11 is 2.08. The molecule has 2 N–H and O–H groups in total. The molecule has 2 aliphatic rings. The number of anilines is 2. The zero-order chi connectivity index (χ0) is 27.3. The molecule has 0 aliphatic carbocycles. The van der Waals surface area contributed by atoms with Crippen LogP contribution in [0.5, 0.6) is 5.75 Å². The molecule has 39 heavy (non-hydrogen) atoms. The lowest BCUT2D eigenvalue weighted by molar-refractivity contribution is -0.122. The number of carbonyl (C=O) groups excluding carboxylic acids is 3. The highest BCUT2D eigenvalue weighted by Gasteiger charge is 2.57. The van der Waals surface area contributed by atoms with Crippen LogP contribution >= 0.6 is 23.1 Å². The lowest BCUT2D eigenvalue weighted by atomic mass is 9.82. The lowest BCUT2D eigenvalue weighted by Gasteiger charge is -2.31. The fraction of sp³-hybridized carbons (Fsp3) is 0.172. The molecule has 0 bridgehead atoms. The van der Waals surface area contributed by atoms with Crippen molar-refractivity contribution in [3.05, 3.63) is 105 Å². The highest BCUT2D eigenvalue weighted by Crippen LogP contribution is 2.55. The highest BCUT2D eigenvalue weighted by molar-refractivity contribution is 8.00. The van der Waals surface area contributed by atoms with E-state index in [1.807, 2.05) is 25.1 Å². The number of imide groups is 1. The number of phenols is 1. The lowest BCUT2D eigenvalue weighted by Crippen LogP contribution is -2.33. The predicted octanol–water partition coefficient (Wildman–Crippen LogP) is 4.36. The Bertz CT molecular complexity index is 1660. The molecule has 8 nitrogen and oxygen atoms in total. The summed E-state index contributed by atoms with van der Waals surface area (Å²) in [7, 11) is 0. The number of rotatable bonds is 5. The quantitative estimate of drug-likeness (QED) is 0.353. The fourth-order valence-electron chi connectivity index (χ4n) is 5.15. The predicted molar refractivity (Wildman–Crippen MR) is 150 cm³/mol. The number of benzene rings is 3. The minimum Gasteiger partial charge on any atom is -0.508 e. The van der Waals surface area contributed by atoms with Gasteiger partial charge in [0, 0.05) is 22.0 Å². The van der Waals surface area contributed by atoms with Crippen LogP contribution in [0.4, 0.5) is 11.4 Å². The zero-order valence-electron chi connectivity index (χ0n) is 20.7. The normalized spacial score (nSPS) is 20.0. The number of amides is 3. The minimum absolute atomic E-state index is 0.0256. The molecule has 4 aromatic rings. The van der Waals surface area contributed by atoms with Crippen LogP contribution in [0.3, 0.4) is 0 Å². The summed E-state index contributed by atoms with van der Waals surface area (Å²) < 4.78 is 1.36. The van der Waals surface area contributed by atoms with Crippen LogP contribution in [0.2, 0.25) is 0 Å². The first kappa shape index (κ1) is 25.1. The Labute approximate surface area is 231 Å². The first-order chi connectivity index (χ1) is 18.8. The van der Waals surface area contributed by atoms with Gasteiger partial charge in [0.15, 0.2) is 0 Å². The second-order valence-corrected chi connectivity index (χ2v) is 11.6. The fourth-order valence-corrected chi connectivity index (χ4v) is 7.92.